The molecule has 0 bridgehead atoms. The van der Waals surface area contributed by atoms with Crippen LogP contribution in [-0.4, -0.2) is 22.4 Å². The number of nitrogens with zero attached hydrogens (tertiary/aromatic N) is 2. The molecule has 1 aromatic heterocycles. The predicted octanol–water partition coefficient (Wildman–Crippen LogP) is 3.26. The lowest BCUT2D eigenvalue weighted by atomic mass is 10.0. The van der Waals surface area contributed by atoms with Crippen LogP contribution in [0, 0.1) is 13.8 Å². The molecular weight excluding hydrogens is 308 g/mol. The summed E-state index contributed by atoms with van der Waals surface area (Å²) < 4.78 is 7.72. The van der Waals surface area contributed by atoms with Crippen LogP contribution in [0.2, 0.25) is 0 Å². The van der Waals surface area contributed by atoms with Crippen molar-refractivity contribution in [1.29, 1.82) is 0 Å². The fourth-order valence-electron chi connectivity index (χ4n) is 3.30. The number of fused-ring (bicyclic) bond motifs is 1. The minimum atomic E-state index is -0.0950. The van der Waals surface area contributed by atoms with Crippen molar-refractivity contribution in [3.05, 3.63) is 56.5 Å². The van der Waals surface area contributed by atoms with E-state index in [0.29, 0.717) is 6.42 Å². The van der Waals surface area contributed by atoms with Gasteiger partial charge in [-0.3, -0.25) is 9.36 Å². The second-order valence-electron chi connectivity index (χ2n) is 6.02. The van der Waals surface area contributed by atoms with Gasteiger partial charge in [-0.2, -0.15) is 4.98 Å². The Balaban J connectivity index is 2.15. The number of thioether (sulfide) groups is 1. The van der Waals surface area contributed by atoms with Gasteiger partial charge in [0.2, 0.25) is 0 Å². The summed E-state index contributed by atoms with van der Waals surface area (Å²) in [5, 5.41) is 0.776. The number of hydrogen-bond acceptors (Lipinski definition) is 4. The van der Waals surface area contributed by atoms with E-state index in [1.54, 1.807) is 18.9 Å². The highest BCUT2D eigenvalue weighted by molar-refractivity contribution is 7.99. The van der Waals surface area contributed by atoms with Crippen LogP contribution in [0.25, 0.3) is 0 Å². The van der Waals surface area contributed by atoms with E-state index in [0.717, 1.165) is 28.6 Å². The van der Waals surface area contributed by atoms with Crippen LogP contribution in [0.1, 0.15) is 41.1 Å². The highest BCUT2D eigenvalue weighted by Crippen LogP contribution is 2.34. The van der Waals surface area contributed by atoms with Crippen LogP contribution in [0.3, 0.4) is 0 Å². The number of ether oxygens (including phenoxy) is 1. The summed E-state index contributed by atoms with van der Waals surface area (Å²) in [6.45, 7) is 6.22. The van der Waals surface area contributed by atoms with Gasteiger partial charge in [0.15, 0.2) is 5.16 Å². The topological polar surface area (TPSA) is 44.1 Å². The van der Waals surface area contributed by atoms with E-state index in [-0.39, 0.29) is 11.8 Å². The molecule has 0 saturated heterocycles. The van der Waals surface area contributed by atoms with Crippen LogP contribution >= 0.6 is 11.8 Å². The molecule has 0 saturated carbocycles. The van der Waals surface area contributed by atoms with Crippen LogP contribution in [0.4, 0.5) is 0 Å². The quantitative estimate of drug-likeness (QED) is 0.807. The average molecular weight is 330 g/mol. The number of rotatable bonds is 4. The van der Waals surface area contributed by atoms with Crippen LogP contribution in [0.5, 0.6) is 0 Å². The predicted molar refractivity (Wildman–Crippen MR) is 93.4 cm³/mol. The standard InChI is InChI=1S/C18H22N2O2S/c1-5-14-15(9-13-7-11(2)6-12(3)8-13)20-16(22-4)10-23-18(20)19-17(14)21/h6-8,16H,5,9-10H2,1-4H3. The zero-order chi connectivity index (χ0) is 16.6. The van der Waals surface area contributed by atoms with Crippen LogP contribution in [-0.2, 0) is 17.6 Å². The summed E-state index contributed by atoms with van der Waals surface area (Å²) in [5.41, 5.74) is 5.47. The normalized spacial score (nSPS) is 16.6. The van der Waals surface area contributed by atoms with Gasteiger partial charge in [-0.1, -0.05) is 48.0 Å². The molecule has 122 valence electrons. The minimum Gasteiger partial charge on any atom is -0.360 e. The molecule has 5 heteroatoms. The molecule has 0 fully saturated rings. The Kier molecular flexibility index (Phi) is 4.60. The highest BCUT2D eigenvalue weighted by atomic mass is 32.2. The largest absolute Gasteiger partial charge is 0.360 e. The van der Waals surface area contributed by atoms with E-state index in [1.165, 1.54) is 16.7 Å². The molecule has 2 aromatic rings. The smallest absolute Gasteiger partial charge is 0.277 e. The number of methoxy groups -OCH3 is 1. The Morgan fingerprint density at radius 3 is 2.61 bits per heavy atom. The lowest BCUT2D eigenvalue weighted by Gasteiger charge is -2.20. The first-order valence-corrected chi connectivity index (χ1v) is 8.89. The fraction of sp³-hybridized carbons (Fsp3) is 0.444. The van der Waals surface area contributed by atoms with E-state index >= 15 is 0 Å². The number of aryl methyl sites for hydroxylation is 2. The van der Waals surface area contributed by atoms with Gasteiger partial charge in [0.05, 0.1) is 0 Å². The van der Waals surface area contributed by atoms with Gasteiger partial charge in [0, 0.05) is 30.5 Å². The molecule has 0 spiro atoms. The molecule has 4 nitrogen and oxygen atoms in total. The third-order valence-electron chi connectivity index (χ3n) is 4.22. The van der Waals surface area contributed by atoms with Gasteiger partial charge in [0.1, 0.15) is 6.23 Å². The van der Waals surface area contributed by atoms with Crippen LogP contribution < -0.4 is 5.56 Å². The summed E-state index contributed by atoms with van der Waals surface area (Å²) in [4.78, 5) is 16.6. The molecular formula is C18H22N2O2S. The molecule has 0 N–H and O–H groups in total. The van der Waals surface area contributed by atoms with Crippen molar-refractivity contribution in [3.8, 4) is 0 Å². The Hall–Kier alpha value is -1.59. The SMILES string of the molecule is CCc1c(Cc2cc(C)cc(C)c2)n2c(nc1=O)SCC2OC. The molecule has 0 amide bonds. The zero-order valence-electron chi connectivity index (χ0n) is 14.0. The van der Waals surface area contributed by atoms with Gasteiger partial charge >= 0.3 is 0 Å². The fourth-order valence-corrected chi connectivity index (χ4v) is 4.39. The Morgan fingerprint density at radius 2 is 2.00 bits per heavy atom. The monoisotopic (exact) mass is 330 g/mol. The lowest BCUT2D eigenvalue weighted by molar-refractivity contribution is 0.0588. The molecule has 0 aliphatic carbocycles. The highest BCUT2D eigenvalue weighted by Gasteiger charge is 2.28. The van der Waals surface area contributed by atoms with Gasteiger partial charge in [-0.15, -0.1) is 0 Å². The summed E-state index contributed by atoms with van der Waals surface area (Å²) in [6, 6.07) is 6.55. The maximum atomic E-state index is 12.4. The Bertz CT molecular complexity index is 778. The van der Waals surface area contributed by atoms with E-state index in [9.17, 15) is 4.79 Å². The van der Waals surface area contributed by atoms with E-state index in [4.69, 9.17) is 4.74 Å². The first-order chi connectivity index (χ1) is 11.0. The average Bonchev–Trinajstić information content (AvgIpc) is 2.89. The third kappa shape index (κ3) is 3.08. The van der Waals surface area contributed by atoms with Crippen molar-refractivity contribution in [1.82, 2.24) is 9.55 Å². The van der Waals surface area contributed by atoms with Gasteiger partial charge in [-0.05, 0) is 25.8 Å². The van der Waals surface area contributed by atoms with Crippen molar-refractivity contribution in [2.24, 2.45) is 0 Å². The molecule has 1 unspecified atom stereocenters. The summed E-state index contributed by atoms with van der Waals surface area (Å²) in [6.07, 6.45) is 1.37. The minimum absolute atomic E-state index is 0.0469. The number of hydrogen-bond donors (Lipinski definition) is 0. The molecule has 23 heavy (non-hydrogen) atoms. The molecule has 0 radical (unpaired) electrons. The zero-order valence-corrected chi connectivity index (χ0v) is 14.9. The van der Waals surface area contributed by atoms with Gasteiger partial charge in [-0.25, -0.2) is 0 Å². The first-order valence-electron chi connectivity index (χ1n) is 7.90. The maximum absolute atomic E-state index is 12.4. The second-order valence-corrected chi connectivity index (χ2v) is 7.01. The van der Waals surface area contributed by atoms with E-state index in [1.807, 2.05) is 6.92 Å². The molecule has 1 atom stereocenters. The first kappa shape index (κ1) is 16.3. The summed E-state index contributed by atoms with van der Waals surface area (Å²) >= 11 is 1.59. The summed E-state index contributed by atoms with van der Waals surface area (Å²) in [5.74, 6) is 0.802. The molecule has 1 aliphatic rings. The van der Waals surface area contributed by atoms with Crippen molar-refractivity contribution in [3.63, 3.8) is 0 Å². The van der Waals surface area contributed by atoms with Crippen molar-refractivity contribution < 1.29 is 4.74 Å². The lowest BCUT2D eigenvalue weighted by Crippen LogP contribution is -2.25. The Labute approximate surface area is 140 Å². The molecule has 2 heterocycles. The van der Waals surface area contributed by atoms with Gasteiger partial charge < -0.3 is 4.74 Å². The van der Waals surface area contributed by atoms with E-state index in [2.05, 4.69) is 41.6 Å². The van der Waals surface area contributed by atoms with Gasteiger partial charge in [0.25, 0.3) is 5.56 Å². The second kappa shape index (κ2) is 6.49. The van der Waals surface area contributed by atoms with Crippen molar-refractivity contribution in [2.75, 3.05) is 12.9 Å². The van der Waals surface area contributed by atoms with E-state index < -0.39 is 0 Å². The maximum Gasteiger partial charge on any atom is 0.277 e. The van der Waals surface area contributed by atoms with Crippen molar-refractivity contribution >= 4 is 11.8 Å². The Morgan fingerprint density at radius 1 is 1.30 bits per heavy atom. The van der Waals surface area contributed by atoms with Crippen molar-refractivity contribution in [2.45, 2.75) is 45.0 Å². The molecule has 3 rings (SSSR count). The number of benzene rings is 1. The van der Waals surface area contributed by atoms with Crippen LogP contribution in [0.15, 0.2) is 28.2 Å². The summed E-state index contributed by atoms with van der Waals surface area (Å²) in [7, 11) is 1.71. The molecule has 1 aromatic carbocycles. The molecule has 1 aliphatic heterocycles. The number of aromatic nitrogens is 2. The third-order valence-corrected chi connectivity index (χ3v) is 5.22.